The summed E-state index contributed by atoms with van der Waals surface area (Å²) in [6, 6.07) is 12.3. The standard InChI is InChI=1S/C18H21N3O/c1-13(21-18(22)17-8-10-20-12-17)14-4-6-15(7-5-14)16-3-2-9-19-11-16/h2-7,9,11,13,17,20H,8,10,12H2,1H3,(H,21,22). The molecule has 0 radical (unpaired) electrons. The van der Waals surface area contributed by atoms with Crippen molar-refractivity contribution in [1.82, 2.24) is 15.6 Å². The molecule has 2 heterocycles. The number of nitrogens with zero attached hydrogens (tertiary/aromatic N) is 1. The lowest BCUT2D eigenvalue weighted by atomic mass is 10.0. The predicted octanol–water partition coefficient (Wildman–Crippen LogP) is 2.54. The number of pyridine rings is 1. The number of aromatic nitrogens is 1. The van der Waals surface area contributed by atoms with Gasteiger partial charge in [-0.3, -0.25) is 9.78 Å². The fourth-order valence-corrected chi connectivity index (χ4v) is 2.79. The first kappa shape index (κ1) is 14.7. The zero-order valence-electron chi connectivity index (χ0n) is 12.8. The Balaban J connectivity index is 1.66. The summed E-state index contributed by atoms with van der Waals surface area (Å²) in [4.78, 5) is 16.3. The van der Waals surface area contributed by atoms with Crippen LogP contribution in [0, 0.1) is 5.92 Å². The third kappa shape index (κ3) is 3.34. The van der Waals surface area contributed by atoms with E-state index in [1.807, 2.05) is 25.3 Å². The summed E-state index contributed by atoms with van der Waals surface area (Å²) in [5, 5.41) is 6.33. The van der Waals surface area contributed by atoms with Crippen LogP contribution < -0.4 is 10.6 Å². The molecular weight excluding hydrogens is 274 g/mol. The Morgan fingerprint density at radius 1 is 1.27 bits per heavy atom. The van der Waals surface area contributed by atoms with Gasteiger partial charge in [0.25, 0.3) is 0 Å². The van der Waals surface area contributed by atoms with E-state index in [1.54, 1.807) is 6.20 Å². The minimum atomic E-state index is 0.0241. The van der Waals surface area contributed by atoms with Gasteiger partial charge in [0.05, 0.1) is 12.0 Å². The number of amides is 1. The van der Waals surface area contributed by atoms with Crippen LogP contribution in [0.25, 0.3) is 11.1 Å². The maximum atomic E-state index is 12.2. The highest BCUT2D eigenvalue weighted by molar-refractivity contribution is 5.79. The van der Waals surface area contributed by atoms with Crippen molar-refractivity contribution in [3.8, 4) is 11.1 Å². The fraction of sp³-hybridized carbons (Fsp3) is 0.333. The number of carbonyl (C=O) groups is 1. The van der Waals surface area contributed by atoms with Gasteiger partial charge in [-0.05, 0) is 42.6 Å². The monoisotopic (exact) mass is 295 g/mol. The van der Waals surface area contributed by atoms with E-state index < -0.39 is 0 Å². The highest BCUT2D eigenvalue weighted by Crippen LogP contribution is 2.21. The van der Waals surface area contributed by atoms with E-state index in [0.29, 0.717) is 0 Å². The number of hydrogen-bond acceptors (Lipinski definition) is 3. The molecule has 4 heteroatoms. The fourth-order valence-electron chi connectivity index (χ4n) is 2.79. The number of rotatable bonds is 4. The van der Waals surface area contributed by atoms with Gasteiger partial charge in [-0.15, -0.1) is 0 Å². The van der Waals surface area contributed by atoms with E-state index in [9.17, 15) is 4.79 Å². The van der Waals surface area contributed by atoms with Crippen LogP contribution in [-0.4, -0.2) is 24.0 Å². The highest BCUT2D eigenvalue weighted by atomic mass is 16.2. The third-order valence-electron chi connectivity index (χ3n) is 4.20. The van der Waals surface area contributed by atoms with Gasteiger partial charge in [-0.25, -0.2) is 0 Å². The number of carbonyl (C=O) groups excluding carboxylic acids is 1. The van der Waals surface area contributed by atoms with Crippen LogP contribution in [0.1, 0.15) is 24.9 Å². The molecule has 4 nitrogen and oxygen atoms in total. The van der Waals surface area contributed by atoms with Crippen molar-refractivity contribution in [2.24, 2.45) is 5.92 Å². The van der Waals surface area contributed by atoms with Gasteiger partial charge >= 0.3 is 0 Å². The second-order valence-corrected chi connectivity index (χ2v) is 5.78. The van der Waals surface area contributed by atoms with E-state index in [1.165, 1.54) is 0 Å². The maximum Gasteiger partial charge on any atom is 0.224 e. The first-order valence-electron chi connectivity index (χ1n) is 7.75. The topological polar surface area (TPSA) is 54.0 Å². The molecule has 0 bridgehead atoms. The Bertz CT molecular complexity index is 619. The molecule has 2 atom stereocenters. The smallest absolute Gasteiger partial charge is 0.224 e. The van der Waals surface area contributed by atoms with Crippen molar-refractivity contribution < 1.29 is 4.79 Å². The summed E-state index contributed by atoms with van der Waals surface area (Å²) in [6.07, 6.45) is 4.55. The maximum absolute atomic E-state index is 12.2. The molecule has 0 aliphatic carbocycles. The van der Waals surface area contributed by atoms with Crippen LogP contribution in [0.3, 0.4) is 0 Å². The summed E-state index contributed by atoms with van der Waals surface area (Å²) >= 11 is 0. The van der Waals surface area contributed by atoms with E-state index >= 15 is 0 Å². The van der Waals surface area contributed by atoms with Crippen molar-refractivity contribution in [2.45, 2.75) is 19.4 Å². The van der Waals surface area contributed by atoms with Crippen LogP contribution in [0.2, 0.25) is 0 Å². The molecule has 2 aromatic rings. The Labute approximate surface area is 131 Å². The molecule has 1 aliphatic heterocycles. The van der Waals surface area contributed by atoms with Crippen LogP contribution >= 0.6 is 0 Å². The molecule has 2 N–H and O–H groups in total. The summed E-state index contributed by atoms with van der Waals surface area (Å²) in [6.45, 7) is 3.75. The molecule has 3 rings (SSSR count). The zero-order chi connectivity index (χ0) is 15.4. The molecule has 2 unspecified atom stereocenters. The number of benzene rings is 1. The summed E-state index contributed by atoms with van der Waals surface area (Å²) < 4.78 is 0. The minimum Gasteiger partial charge on any atom is -0.349 e. The molecule has 114 valence electrons. The third-order valence-corrected chi connectivity index (χ3v) is 4.20. The summed E-state index contributed by atoms with van der Waals surface area (Å²) in [5.41, 5.74) is 3.35. The zero-order valence-corrected chi connectivity index (χ0v) is 12.8. The molecular formula is C18H21N3O. The van der Waals surface area contributed by atoms with Gasteiger partial charge in [-0.1, -0.05) is 30.3 Å². The Morgan fingerprint density at radius 3 is 2.73 bits per heavy atom. The largest absolute Gasteiger partial charge is 0.349 e. The van der Waals surface area contributed by atoms with Crippen molar-refractivity contribution in [2.75, 3.05) is 13.1 Å². The summed E-state index contributed by atoms with van der Waals surface area (Å²) in [7, 11) is 0. The van der Waals surface area contributed by atoms with Gasteiger partial charge in [0, 0.05) is 18.9 Å². The molecule has 22 heavy (non-hydrogen) atoms. The molecule has 1 aliphatic rings. The van der Waals surface area contributed by atoms with Crippen LogP contribution in [0.4, 0.5) is 0 Å². The van der Waals surface area contributed by atoms with E-state index in [4.69, 9.17) is 0 Å². The van der Waals surface area contributed by atoms with Crippen molar-refractivity contribution in [3.63, 3.8) is 0 Å². The SMILES string of the molecule is CC(NC(=O)C1CCNC1)c1ccc(-c2cccnc2)cc1. The van der Waals surface area contributed by atoms with E-state index in [2.05, 4.69) is 39.9 Å². The average molecular weight is 295 g/mol. The molecule has 1 fully saturated rings. The van der Waals surface area contributed by atoms with Crippen LogP contribution in [0.5, 0.6) is 0 Å². The predicted molar refractivity (Wildman–Crippen MR) is 87.2 cm³/mol. The second kappa shape index (κ2) is 6.71. The lowest BCUT2D eigenvalue weighted by molar-refractivity contribution is -0.125. The summed E-state index contributed by atoms with van der Waals surface area (Å²) in [5.74, 6) is 0.256. The average Bonchev–Trinajstić information content (AvgIpc) is 3.10. The van der Waals surface area contributed by atoms with Crippen molar-refractivity contribution in [3.05, 3.63) is 54.4 Å². The molecule has 0 spiro atoms. The van der Waals surface area contributed by atoms with Gasteiger partial charge < -0.3 is 10.6 Å². The van der Waals surface area contributed by atoms with Crippen LogP contribution in [-0.2, 0) is 4.79 Å². The normalized spacial score (nSPS) is 18.9. The van der Waals surface area contributed by atoms with Crippen molar-refractivity contribution >= 4 is 5.91 Å². The van der Waals surface area contributed by atoms with E-state index in [0.717, 1.165) is 36.2 Å². The molecule has 1 aromatic carbocycles. The van der Waals surface area contributed by atoms with Gasteiger partial charge in [0.2, 0.25) is 5.91 Å². The molecule has 1 saturated heterocycles. The quantitative estimate of drug-likeness (QED) is 0.911. The first-order chi connectivity index (χ1) is 10.7. The Hall–Kier alpha value is -2.20. The second-order valence-electron chi connectivity index (χ2n) is 5.78. The van der Waals surface area contributed by atoms with Gasteiger partial charge in [0.1, 0.15) is 0 Å². The van der Waals surface area contributed by atoms with Crippen molar-refractivity contribution in [1.29, 1.82) is 0 Å². The molecule has 1 amide bonds. The number of nitrogens with one attached hydrogen (secondary N) is 2. The number of hydrogen-bond donors (Lipinski definition) is 2. The molecule has 1 aromatic heterocycles. The van der Waals surface area contributed by atoms with Gasteiger partial charge in [0.15, 0.2) is 0 Å². The minimum absolute atomic E-state index is 0.0241. The lowest BCUT2D eigenvalue weighted by Gasteiger charge is -2.17. The van der Waals surface area contributed by atoms with Crippen LogP contribution in [0.15, 0.2) is 48.8 Å². The molecule has 0 saturated carbocycles. The van der Waals surface area contributed by atoms with E-state index in [-0.39, 0.29) is 17.9 Å². The van der Waals surface area contributed by atoms with Gasteiger partial charge in [-0.2, -0.15) is 0 Å². The Kier molecular flexibility index (Phi) is 4.49. The highest BCUT2D eigenvalue weighted by Gasteiger charge is 2.23. The lowest BCUT2D eigenvalue weighted by Crippen LogP contribution is -2.33. The first-order valence-corrected chi connectivity index (χ1v) is 7.75. The Morgan fingerprint density at radius 2 is 2.09 bits per heavy atom.